The highest BCUT2D eigenvalue weighted by molar-refractivity contribution is 6.32. The Morgan fingerprint density at radius 1 is 0.569 bits per heavy atom. The number of carbonyl (C=O) groups excluding carboxylic acids is 4. The van der Waals surface area contributed by atoms with E-state index < -0.39 is 17.6 Å². The average molecular weight is 682 g/mol. The van der Waals surface area contributed by atoms with E-state index in [4.69, 9.17) is 5.26 Å². The number of aryl methyl sites for hydroxylation is 1. The number of fused-ring (bicyclic) bond motifs is 2. The van der Waals surface area contributed by atoms with Gasteiger partial charge in [0.2, 0.25) is 0 Å². The molecule has 0 atom stereocenters. The third kappa shape index (κ3) is 5.99. The molecular formula is C41H26F3N3O4. The minimum absolute atomic E-state index is 0.0541. The number of nitrogens with one attached hydrogen (secondary N) is 2. The van der Waals surface area contributed by atoms with Crippen LogP contribution in [0.25, 0.3) is 22.5 Å². The molecule has 2 aliphatic heterocycles. The van der Waals surface area contributed by atoms with Crippen molar-refractivity contribution in [3.8, 4) is 6.07 Å². The van der Waals surface area contributed by atoms with Crippen LogP contribution in [0.5, 0.6) is 0 Å². The van der Waals surface area contributed by atoms with E-state index in [2.05, 4.69) is 16.7 Å². The Morgan fingerprint density at radius 2 is 1.00 bits per heavy atom. The molecule has 0 bridgehead atoms. The number of nitrogens with zero attached hydrogens (tertiary/aromatic N) is 1. The molecule has 4 aliphatic rings. The van der Waals surface area contributed by atoms with Crippen molar-refractivity contribution in [1.29, 1.82) is 5.26 Å². The topological polar surface area (TPSA) is 116 Å². The van der Waals surface area contributed by atoms with Gasteiger partial charge in [0, 0.05) is 12.8 Å². The van der Waals surface area contributed by atoms with Gasteiger partial charge in [-0.3, -0.25) is 19.2 Å². The van der Waals surface area contributed by atoms with Crippen molar-refractivity contribution in [3.63, 3.8) is 0 Å². The summed E-state index contributed by atoms with van der Waals surface area (Å²) in [4.78, 5) is 50.1. The van der Waals surface area contributed by atoms with Gasteiger partial charge in [0.1, 0.15) is 0 Å². The quantitative estimate of drug-likeness (QED) is 0.238. The standard InChI is InChI=1S/C21H14F3NO2.C20H12N2O2/c1-11-2-4-12(5-3-11)15-10-16(26)18-17(15)20(27)25-19(18)13-6-8-14(9-7-13)21(22,23)24;21-11-12-6-8-13(9-7-12)15-10-16(23)18-17(15)20(24)22-19(18)14-4-2-1-3-5-14/h2-9H,10H2,1H3,(H,25,27);1-9H,10H2,(H,22,24). The second-order valence-corrected chi connectivity index (χ2v) is 12.3. The highest BCUT2D eigenvalue weighted by atomic mass is 19.4. The molecule has 0 saturated heterocycles. The second-order valence-electron chi connectivity index (χ2n) is 12.3. The fraction of sp³-hybridized carbons (Fsp3) is 0.0976. The van der Waals surface area contributed by atoms with Crippen molar-refractivity contribution >= 4 is 45.9 Å². The highest BCUT2D eigenvalue weighted by Crippen LogP contribution is 2.44. The number of hydrogen-bond donors (Lipinski definition) is 2. The van der Waals surface area contributed by atoms with E-state index in [0.29, 0.717) is 39.1 Å². The zero-order chi connectivity index (χ0) is 36.0. The summed E-state index contributed by atoms with van der Waals surface area (Å²) < 4.78 is 38.3. The van der Waals surface area contributed by atoms with Crippen molar-refractivity contribution in [1.82, 2.24) is 10.6 Å². The molecule has 2 aliphatic carbocycles. The second kappa shape index (κ2) is 12.7. The van der Waals surface area contributed by atoms with E-state index in [1.807, 2.05) is 61.5 Å². The molecule has 0 spiro atoms. The maximum Gasteiger partial charge on any atom is 0.416 e. The van der Waals surface area contributed by atoms with Crippen molar-refractivity contribution in [3.05, 3.63) is 164 Å². The smallest absolute Gasteiger partial charge is 0.321 e. The summed E-state index contributed by atoms with van der Waals surface area (Å²) in [6.07, 6.45) is -4.13. The monoisotopic (exact) mass is 681 g/mol. The lowest BCUT2D eigenvalue weighted by Crippen LogP contribution is -2.17. The Hall–Kier alpha value is -6.60. The molecule has 7 nitrogen and oxygen atoms in total. The molecule has 8 rings (SSSR count). The van der Waals surface area contributed by atoms with Crippen LogP contribution in [-0.2, 0) is 25.4 Å². The number of alkyl halides is 3. The largest absolute Gasteiger partial charge is 0.416 e. The fourth-order valence-electron chi connectivity index (χ4n) is 6.62. The Kier molecular flexibility index (Phi) is 8.19. The molecule has 0 unspecified atom stereocenters. The summed E-state index contributed by atoms with van der Waals surface area (Å²) in [5, 5.41) is 14.4. The Morgan fingerprint density at radius 3 is 1.45 bits per heavy atom. The number of Topliss-reactive ketones (excluding diaryl/α,β-unsaturated/α-hetero) is 2. The molecule has 0 radical (unpaired) electrons. The van der Waals surface area contributed by atoms with E-state index in [0.717, 1.165) is 40.0 Å². The summed E-state index contributed by atoms with van der Waals surface area (Å²) in [5.74, 6) is -0.911. The first kappa shape index (κ1) is 32.9. The Balaban J connectivity index is 0.000000160. The predicted octanol–water partition coefficient (Wildman–Crippen LogP) is 7.11. The summed E-state index contributed by atoms with van der Waals surface area (Å²) in [7, 11) is 0. The molecule has 2 heterocycles. The molecule has 10 heteroatoms. The minimum atomic E-state index is -4.44. The SMILES string of the molecule is Cc1ccc(C2=C3C(=O)NC(c4ccc(C(F)(F)F)cc4)=C3C(=O)C2)cc1.N#Cc1ccc(C2=C3C(=O)NC(c4ccccc4)=C3C(=O)C2)cc1. The maximum absolute atomic E-state index is 12.8. The van der Waals surface area contributed by atoms with Gasteiger partial charge in [-0.15, -0.1) is 0 Å². The van der Waals surface area contributed by atoms with Crippen LogP contribution in [0.4, 0.5) is 13.2 Å². The van der Waals surface area contributed by atoms with E-state index in [1.54, 1.807) is 24.3 Å². The van der Waals surface area contributed by atoms with E-state index in [-0.39, 0.29) is 41.6 Å². The summed E-state index contributed by atoms with van der Waals surface area (Å²) >= 11 is 0. The van der Waals surface area contributed by atoms with Gasteiger partial charge in [-0.1, -0.05) is 84.4 Å². The molecular weight excluding hydrogens is 655 g/mol. The lowest BCUT2D eigenvalue weighted by Gasteiger charge is -2.09. The van der Waals surface area contributed by atoms with Gasteiger partial charge >= 0.3 is 6.18 Å². The van der Waals surface area contributed by atoms with Crippen molar-refractivity contribution < 1.29 is 32.3 Å². The summed E-state index contributed by atoms with van der Waals surface area (Å²) in [6, 6.07) is 30.3. The zero-order valence-corrected chi connectivity index (χ0v) is 26.9. The highest BCUT2D eigenvalue weighted by Gasteiger charge is 2.42. The molecule has 250 valence electrons. The number of amides is 2. The van der Waals surface area contributed by atoms with Gasteiger partial charge in [-0.25, -0.2) is 0 Å². The van der Waals surface area contributed by atoms with Crippen LogP contribution < -0.4 is 10.6 Å². The number of carbonyl (C=O) groups is 4. The van der Waals surface area contributed by atoms with Gasteiger partial charge in [-0.05, 0) is 64.6 Å². The van der Waals surface area contributed by atoms with Gasteiger partial charge in [-0.2, -0.15) is 18.4 Å². The van der Waals surface area contributed by atoms with E-state index >= 15 is 0 Å². The number of nitriles is 1. The Labute approximate surface area is 290 Å². The summed E-state index contributed by atoms with van der Waals surface area (Å²) in [6.45, 7) is 1.94. The number of allylic oxidation sites excluding steroid dienone is 2. The third-order valence-corrected chi connectivity index (χ3v) is 9.09. The first-order chi connectivity index (χ1) is 24.4. The molecule has 0 fully saturated rings. The molecule has 0 saturated carbocycles. The zero-order valence-electron chi connectivity index (χ0n) is 26.9. The van der Waals surface area contributed by atoms with Gasteiger partial charge in [0.15, 0.2) is 11.6 Å². The average Bonchev–Trinajstić information content (AvgIpc) is 3.87. The van der Waals surface area contributed by atoms with E-state index in [9.17, 15) is 32.3 Å². The molecule has 4 aromatic carbocycles. The number of ketones is 2. The van der Waals surface area contributed by atoms with E-state index in [1.165, 1.54) is 12.1 Å². The minimum Gasteiger partial charge on any atom is -0.321 e. The van der Waals surface area contributed by atoms with Crippen LogP contribution in [0.1, 0.15) is 51.8 Å². The predicted molar refractivity (Wildman–Crippen MR) is 183 cm³/mol. The summed E-state index contributed by atoms with van der Waals surface area (Å²) in [5.41, 5.74) is 7.37. The van der Waals surface area contributed by atoms with Crippen molar-refractivity contribution in [2.75, 3.05) is 0 Å². The lowest BCUT2D eigenvalue weighted by molar-refractivity contribution is -0.137. The first-order valence-corrected chi connectivity index (χ1v) is 15.9. The van der Waals surface area contributed by atoms with Crippen LogP contribution in [0.2, 0.25) is 0 Å². The maximum atomic E-state index is 12.8. The Bertz CT molecular complexity index is 2340. The van der Waals surface area contributed by atoms with Crippen molar-refractivity contribution in [2.24, 2.45) is 0 Å². The molecule has 51 heavy (non-hydrogen) atoms. The first-order valence-electron chi connectivity index (χ1n) is 15.9. The lowest BCUT2D eigenvalue weighted by atomic mass is 10.00. The van der Waals surface area contributed by atoms with Crippen LogP contribution >= 0.6 is 0 Å². The number of hydrogen-bond acceptors (Lipinski definition) is 5. The van der Waals surface area contributed by atoms with Crippen LogP contribution in [-0.4, -0.2) is 23.4 Å². The van der Waals surface area contributed by atoms with Gasteiger partial charge in [0.25, 0.3) is 11.8 Å². The molecule has 2 amide bonds. The molecule has 4 aromatic rings. The number of halogens is 3. The van der Waals surface area contributed by atoms with Crippen molar-refractivity contribution in [2.45, 2.75) is 25.9 Å². The fourth-order valence-corrected chi connectivity index (χ4v) is 6.62. The van der Waals surface area contributed by atoms with Crippen LogP contribution in [0.15, 0.2) is 125 Å². The van der Waals surface area contributed by atoms with Gasteiger partial charge < -0.3 is 10.6 Å². The normalized spacial score (nSPS) is 16.6. The number of benzene rings is 4. The van der Waals surface area contributed by atoms with Gasteiger partial charge in [0.05, 0.1) is 50.9 Å². The molecule has 0 aromatic heterocycles. The third-order valence-electron chi connectivity index (χ3n) is 9.09. The van der Waals surface area contributed by atoms with Crippen LogP contribution in [0, 0.1) is 18.3 Å². The van der Waals surface area contributed by atoms with Crippen LogP contribution in [0.3, 0.4) is 0 Å². The molecule has 2 N–H and O–H groups in total. The number of rotatable bonds is 4.